The summed E-state index contributed by atoms with van der Waals surface area (Å²) < 4.78 is 19.1. The molecule has 5 rings (SSSR count). The lowest BCUT2D eigenvalue weighted by atomic mass is 9.82. The van der Waals surface area contributed by atoms with Gasteiger partial charge in [0.25, 0.3) is 5.91 Å². The van der Waals surface area contributed by atoms with Crippen LogP contribution in [0.5, 0.6) is 0 Å². The summed E-state index contributed by atoms with van der Waals surface area (Å²) in [6.07, 6.45) is 5.68. The number of nitrogens with one attached hydrogen (secondary N) is 1. The number of carbonyl (C=O) groups excluding carboxylic acids is 1. The van der Waals surface area contributed by atoms with Gasteiger partial charge in [0.05, 0.1) is 5.56 Å². The number of hydrogen-bond acceptors (Lipinski definition) is 4. The number of oxazole rings is 1. The van der Waals surface area contributed by atoms with E-state index in [1.54, 1.807) is 18.2 Å². The molecule has 29 heavy (non-hydrogen) atoms. The molecule has 1 aromatic heterocycles. The maximum atomic E-state index is 13.2. The second-order valence-corrected chi connectivity index (χ2v) is 8.23. The molecule has 3 heterocycles. The predicted octanol–water partition coefficient (Wildman–Crippen LogP) is 4.38. The quantitative estimate of drug-likeness (QED) is 0.718. The summed E-state index contributed by atoms with van der Waals surface area (Å²) in [6, 6.07) is 12.7. The highest BCUT2D eigenvalue weighted by Crippen LogP contribution is 2.33. The smallest absolute Gasteiger partial charge is 0.255 e. The van der Waals surface area contributed by atoms with Gasteiger partial charge in [-0.05, 0) is 69.1 Å². The van der Waals surface area contributed by atoms with Gasteiger partial charge in [-0.2, -0.15) is 0 Å². The number of benzene rings is 2. The van der Waals surface area contributed by atoms with Gasteiger partial charge >= 0.3 is 0 Å². The van der Waals surface area contributed by atoms with E-state index in [1.165, 1.54) is 31.4 Å². The van der Waals surface area contributed by atoms with Gasteiger partial charge in [0, 0.05) is 23.7 Å². The van der Waals surface area contributed by atoms with Crippen LogP contribution in [0.3, 0.4) is 0 Å². The Balaban J connectivity index is 1.39. The SMILES string of the molecule is CN1C2CCCC1CC(NC(=O)c1cccc3nc(-c4ccc(F)cc4)oc13)C2. The third kappa shape index (κ3) is 3.42. The highest BCUT2D eigenvalue weighted by Gasteiger charge is 2.36. The molecule has 2 aromatic carbocycles. The molecule has 2 atom stereocenters. The van der Waals surface area contributed by atoms with E-state index in [-0.39, 0.29) is 17.8 Å². The van der Waals surface area contributed by atoms with Crippen molar-refractivity contribution in [3.63, 3.8) is 0 Å². The van der Waals surface area contributed by atoms with Gasteiger partial charge in [-0.1, -0.05) is 12.5 Å². The van der Waals surface area contributed by atoms with Gasteiger partial charge in [-0.25, -0.2) is 9.37 Å². The van der Waals surface area contributed by atoms with Crippen molar-refractivity contribution in [2.45, 2.75) is 50.2 Å². The van der Waals surface area contributed by atoms with Crippen molar-refractivity contribution in [3.8, 4) is 11.5 Å². The summed E-state index contributed by atoms with van der Waals surface area (Å²) in [4.78, 5) is 20.0. The van der Waals surface area contributed by atoms with Crippen molar-refractivity contribution in [1.29, 1.82) is 0 Å². The van der Waals surface area contributed by atoms with E-state index in [4.69, 9.17) is 4.42 Å². The minimum absolute atomic E-state index is 0.120. The first-order valence-corrected chi connectivity index (χ1v) is 10.3. The van der Waals surface area contributed by atoms with Crippen LogP contribution >= 0.6 is 0 Å². The van der Waals surface area contributed by atoms with E-state index < -0.39 is 0 Å². The van der Waals surface area contributed by atoms with E-state index in [0.29, 0.717) is 40.2 Å². The van der Waals surface area contributed by atoms with Gasteiger partial charge in [-0.3, -0.25) is 4.79 Å². The second kappa shape index (κ2) is 7.26. The Kier molecular flexibility index (Phi) is 4.59. The standard InChI is InChI=1S/C23H24FN3O2/c1-27-17-4-2-5-18(27)13-16(12-17)25-22(28)19-6-3-7-20-21(19)29-23(26-20)14-8-10-15(24)11-9-14/h3,6-11,16-18H,2,4-5,12-13H2,1H3,(H,25,28). The van der Waals surface area contributed by atoms with Crippen LogP contribution in [0.2, 0.25) is 0 Å². The Morgan fingerprint density at radius 1 is 1.14 bits per heavy atom. The lowest BCUT2D eigenvalue weighted by molar-refractivity contribution is 0.0463. The molecule has 2 unspecified atom stereocenters. The van der Waals surface area contributed by atoms with Crippen LogP contribution in [-0.4, -0.2) is 41.0 Å². The van der Waals surface area contributed by atoms with Crippen molar-refractivity contribution in [2.75, 3.05) is 7.05 Å². The first kappa shape index (κ1) is 18.3. The number of piperidine rings is 2. The number of aromatic nitrogens is 1. The van der Waals surface area contributed by atoms with E-state index in [0.717, 1.165) is 12.8 Å². The van der Waals surface area contributed by atoms with E-state index in [1.807, 2.05) is 12.1 Å². The lowest BCUT2D eigenvalue weighted by Crippen LogP contribution is -2.55. The second-order valence-electron chi connectivity index (χ2n) is 8.23. The molecule has 0 saturated carbocycles. The monoisotopic (exact) mass is 393 g/mol. The molecule has 2 bridgehead atoms. The fourth-order valence-electron chi connectivity index (χ4n) is 4.84. The molecule has 0 aliphatic carbocycles. The number of halogens is 1. The Morgan fingerprint density at radius 2 is 1.86 bits per heavy atom. The molecule has 1 amide bonds. The summed E-state index contributed by atoms with van der Waals surface area (Å²) in [6.45, 7) is 0. The number of fused-ring (bicyclic) bond motifs is 3. The van der Waals surface area contributed by atoms with E-state index in [9.17, 15) is 9.18 Å². The number of hydrogen-bond donors (Lipinski definition) is 1. The molecular weight excluding hydrogens is 369 g/mol. The molecule has 150 valence electrons. The fourth-order valence-corrected chi connectivity index (χ4v) is 4.84. The largest absolute Gasteiger partial charge is 0.435 e. The molecule has 0 radical (unpaired) electrons. The Labute approximate surface area is 168 Å². The maximum Gasteiger partial charge on any atom is 0.255 e. The van der Waals surface area contributed by atoms with Gasteiger partial charge in [0.15, 0.2) is 5.58 Å². The molecule has 3 aromatic rings. The topological polar surface area (TPSA) is 58.4 Å². The molecule has 2 aliphatic heterocycles. The van der Waals surface area contributed by atoms with Crippen molar-refractivity contribution < 1.29 is 13.6 Å². The van der Waals surface area contributed by atoms with Crippen molar-refractivity contribution in [1.82, 2.24) is 15.2 Å². The highest BCUT2D eigenvalue weighted by atomic mass is 19.1. The number of carbonyl (C=O) groups is 1. The summed E-state index contributed by atoms with van der Waals surface area (Å²) >= 11 is 0. The Hall–Kier alpha value is -2.73. The summed E-state index contributed by atoms with van der Waals surface area (Å²) in [5.74, 6) is -0.0491. The first-order chi connectivity index (χ1) is 14.1. The van der Waals surface area contributed by atoms with Gasteiger partial charge < -0.3 is 14.6 Å². The van der Waals surface area contributed by atoms with Gasteiger partial charge in [-0.15, -0.1) is 0 Å². The third-order valence-electron chi connectivity index (χ3n) is 6.43. The molecule has 2 saturated heterocycles. The van der Waals surface area contributed by atoms with Crippen molar-refractivity contribution in [3.05, 3.63) is 53.8 Å². The van der Waals surface area contributed by atoms with Gasteiger partial charge in [0.2, 0.25) is 5.89 Å². The van der Waals surface area contributed by atoms with Crippen molar-refractivity contribution in [2.24, 2.45) is 0 Å². The fraction of sp³-hybridized carbons (Fsp3) is 0.391. The third-order valence-corrected chi connectivity index (χ3v) is 6.43. The molecular formula is C23H24FN3O2. The summed E-state index contributed by atoms with van der Waals surface area (Å²) in [5, 5.41) is 3.23. The van der Waals surface area contributed by atoms with E-state index in [2.05, 4.69) is 22.2 Å². The zero-order chi connectivity index (χ0) is 20.0. The normalized spacial score (nSPS) is 24.6. The zero-order valence-corrected chi connectivity index (χ0v) is 16.4. The Morgan fingerprint density at radius 3 is 2.59 bits per heavy atom. The minimum Gasteiger partial charge on any atom is -0.435 e. The molecule has 0 spiro atoms. The zero-order valence-electron chi connectivity index (χ0n) is 16.4. The predicted molar refractivity (Wildman–Crippen MR) is 109 cm³/mol. The average Bonchev–Trinajstić information content (AvgIpc) is 3.13. The minimum atomic E-state index is -0.312. The van der Waals surface area contributed by atoms with Crippen LogP contribution in [0.4, 0.5) is 4.39 Å². The summed E-state index contributed by atoms with van der Waals surface area (Å²) in [7, 11) is 2.21. The van der Waals surface area contributed by atoms with Gasteiger partial charge in [0.1, 0.15) is 11.3 Å². The van der Waals surface area contributed by atoms with Crippen LogP contribution in [0.25, 0.3) is 22.6 Å². The lowest BCUT2D eigenvalue weighted by Gasteiger charge is -2.47. The molecule has 2 fully saturated rings. The van der Waals surface area contributed by atoms with Crippen LogP contribution in [0.15, 0.2) is 46.9 Å². The molecule has 5 nitrogen and oxygen atoms in total. The highest BCUT2D eigenvalue weighted by molar-refractivity contribution is 6.04. The van der Waals surface area contributed by atoms with Crippen LogP contribution in [-0.2, 0) is 0 Å². The van der Waals surface area contributed by atoms with Crippen LogP contribution in [0, 0.1) is 5.82 Å². The summed E-state index contributed by atoms with van der Waals surface area (Å²) in [5.41, 5.74) is 2.26. The number of para-hydroxylation sites is 1. The van der Waals surface area contributed by atoms with Crippen molar-refractivity contribution >= 4 is 17.0 Å². The number of nitrogens with zero attached hydrogens (tertiary/aromatic N) is 2. The maximum absolute atomic E-state index is 13.2. The van der Waals surface area contributed by atoms with Crippen LogP contribution < -0.4 is 5.32 Å². The molecule has 2 aliphatic rings. The first-order valence-electron chi connectivity index (χ1n) is 10.3. The van der Waals surface area contributed by atoms with E-state index >= 15 is 0 Å². The molecule has 6 heteroatoms. The molecule has 1 N–H and O–H groups in total. The number of amides is 1. The number of rotatable bonds is 3. The van der Waals surface area contributed by atoms with Crippen LogP contribution in [0.1, 0.15) is 42.5 Å². The average molecular weight is 393 g/mol. The Bertz CT molecular complexity index is 1030.